The van der Waals surface area contributed by atoms with E-state index in [0.717, 1.165) is 31.5 Å². The number of amides is 1. The van der Waals surface area contributed by atoms with Crippen LogP contribution >= 0.6 is 0 Å². The van der Waals surface area contributed by atoms with Crippen LogP contribution in [0.2, 0.25) is 0 Å². The van der Waals surface area contributed by atoms with Gasteiger partial charge in [-0.3, -0.25) is 4.79 Å². The van der Waals surface area contributed by atoms with Gasteiger partial charge in [0.05, 0.1) is 0 Å². The van der Waals surface area contributed by atoms with Crippen LogP contribution in [0.4, 0.5) is 0 Å². The zero-order valence-corrected chi connectivity index (χ0v) is 8.34. The van der Waals surface area contributed by atoms with Crippen LogP contribution in [0.25, 0.3) is 0 Å². The molecule has 0 N–H and O–H groups in total. The van der Waals surface area contributed by atoms with Gasteiger partial charge in [0.25, 0.3) is 5.91 Å². The molecule has 0 aromatic heterocycles. The van der Waals surface area contributed by atoms with Gasteiger partial charge in [-0.15, -0.1) is 0 Å². The van der Waals surface area contributed by atoms with Gasteiger partial charge in [0.15, 0.2) is 0 Å². The van der Waals surface area contributed by atoms with E-state index in [1.54, 1.807) is 0 Å². The summed E-state index contributed by atoms with van der Waals surface area (Å²) in [6, 6.07) is 0. The van der Waals surface area contributed by atoms with E-state index in [2.05, 4.69) is 11.9 Å². The average Bonchev–Trinajstić information content (AvgIpc) is 2.62. The molecule has 0 saturated carbocycles. The first kappa shape index (κ1) is 8.60. The molecule has 3 nitrogen and oxygen atoms in total. The van der Waals surface area contributed by atoms with E-state index < -0.39 is 0 Å². The summed E-state index contributed by atoms with van der Waals surface area (Å²) >= 11 is 0. The summed E-state index contributed by atoms with van der Waals surface area (Å²) in [5.41, 5.74) is 2.34. The summed E-state index contributed by atoms with van der Waals surface area (Å²) in [5, 5.41) is 0. The first-order chi connectivity index (χ1) is 6.20. The number of hydrogen-bond donors (Lipinski definition) is 0. The van der Waals surface area contributed by atoms with Crippen LogP contribution in [-0.4, -0.2) is 42.9 Å². The van der Waals surface area contributed by atoms with Crippen LogP contribution in [0.5, 0.6) is 0 Å². The molecule has 0 aromatic carbocycles. The Morgan fingerprint density at radius 2 is 1.85 bits per heavy atom. The molecular formula is C10H16N2O. The van der Waals surface area contributed by atoms with Crippen LogP contribution in [0, 0.1) is 0 Å². The summed E-state index contributed by atoms with van der Waals surface area (Å²) in [7, 11) is 3.96. The molecule has 0 spiro atoms. The van der Waals surface area contributed by atoms with Crippen LogP contribution < -0.4 is 0 Å². The lowest BCUT2D eigenvalue weighted by Crippen LogP contribution is -2.21. The zero-order valence-electron chi connectivity index (χ0n) is 8.34. The Labute approximate surface area is 79.0 Å². The second-order valence-electron chi connectivity index (χ2n) is 3.93. The van der Waals surface area contributed by atoms with Crippen molar-refractivity contribution in [1.29, 1.82) is 0 Å². The number of likely N-dealkylation sites (N-methyl/N-ethyl adjacent to an activating group) is 1. The van der Waals surface area contributed by atoms with E-state index in [-0.39, 0.29) is 5.91 Å². The molecule has 0 radical (unpaired) electrons. The highest BCUT2D eigenvalue weighted by atomic mass is 16.2. The van der Waals surface area contributed by atoms with Gasteiger partial charge >= 0.3 is 0 Å². The third-order valence-electron chi connectivity index (χ3n) is 3.02. The van der Waals surface area contributed by atoms with Crippen LogP contribution in [0.15, 0.2) is 11.3 Å². The Morgan fingerprint density at radius 1 is 1.08 bits per heavy atom. The lowest BCUT2D eigenvalue weighted by Gasteiger charge is -2.15. The Morgan fingerprint density at radius 3 is 2.31 bits per heavy atom. The largest absolute Gasteiger partial charge is 0.377 e. The van der Waals surface area contributed by atoms with Crippen molar-refractivity contribution in [3.63, 3.8) is 0 Å². The molecule has 2 aliphatic heterocycles. The van der Waals surface area contributed by atoms with Gasteiger partial charge in [0.2, 0.25) is 0 Å². The number of rotatable bonds is 0. The number of carbonyl (C=O) groups excluding carboxylic acids is 1. The normalized spacial score (nSPS) is 29.2. The minimum atomic E-state index is 0.240. The van der Waals surface area contributed by atoms with E-state index in [4.69, 9.17) is 0 Å². The Balaban J connectivity index is 2.28. The monoisotopic (exact) mass is 180 g/mol. The standard InChI is InChI=1S/C10H16N2O/c1-11-6-3-4-9(11)8-5-7-12(2)10(8)13/h3-7H2,1-2H3. The van der Waals surface area contributed by atoms with Gasteiger partial charge in [-0.25, -0.2) is 0 Å². The smallest absolute Gasteiger partial charge is 0.251 e. The van der Waals surface area contributed by atoms with Crippen LogP contribution in [-0.2, 0) is 4.79 Å². The fourth-order valence-corrected chi connectivity index (χ4v) is 2.18. The third kappa shape index (κ3) is 1.32. The summed E-state index contributed by atoms with van der Waals surface area (Å²) in [4.78, 5) is 15.7. The van der Waals surface area contributed by atoms with E-state index in [1.165, 1.54) is 12.1 Å². The molecule has 2 saturated heterocycles. The molecule has 2 aliphatic rings. The first-order valence-corrected chi connectivity index (χ1v) is 4.89. The van der Waals surface area contributed by atoms with Crippen LogP contribution in [0.3, 0.4) is 0 Å². The van der Waals surface area contributed by atoms with E-state index in [0.29, 0.717) is 0 Å². The molecule has 1 amide bonds. The van der Waals surface area contributed by atoms with E-state index in [9.17, 15) is 4.79 Å². The maximum Gasteiger partial charge on any atom is 0.251 e. The number of carbonyl (C=O) groups is 1. The molecule has 2 rings (SSSR count). The molecule has 72 valence electrons. The van der Waals surface area contributed by atoms with Crippen molar-refractivity contribution in [3.05, 3.63) is 11.3 Å². The molecule has 2 heterocycles. The highest BCUT2D eigenvalue weighted by Gasteiger charge is 2.28. The molecular weight excluding hydrogens is 164 g/mol. The van der Waals surface area contributed by atoms with Gasteiger partial charge in [-0.1, -0.05) is 0 Å². The molecule has 0 atom stereocenters. The Kier molecular flexibility index (Phi) is 2.02. The zero-order chi connectivity index (χ0) is 9.42. The molecule has 13 heavy (non-hydrogen) atoms. The molecule has 0 unspecified atom stereocenters. The predicted molar refractivity (Wildman–Crippen MR) is 51.1 cm³/mol. The highest BCUT2D eigenvalue weighted by Crippen LogP contribution is 2.28. The van der Waals surface area contributed by atoms with Crippen molar-refractivity contribution < 1.29 is 4.79 Å². The van der Waals surface area contributed by atoms with Gasteiger partial charge in [0, 0.05) is 38.5 Å². The lowest BCUT2D eigenvalue weighted by molar-refractivity contribution is -0.123. The Bertz CT molecular complexity index is 270. The van der Waals surface area contributed by atoms with Gasteiger partial charge in [-0.2, -0.15) is 0 Å². The Hall–Kier alpha value is -0.990. The van der Waals surface area contributed by atoms with Crippen molar-refractivity contribution in [2.24, 2.45) is 0 Å². The topological polar surface area (TPSA) is 23.6 Å². The fourth-order valence-electron chi connectivity index (χ4n) is 2.18. The quantitative estimate of drug-likeness (QED) is 0.515. The van der Waals surface area contributed by atoms with Gasteiger partial charge in [0.1, 0.15) is 0 Å². The minimum absolute atomic E-state index is 0.240. The van der Waals surface area contributed by atoms with Crippen molar-refractivity contribution in [2.75, 3.05) is 27.2 Å². The molecule has 0 aromatic rings. The minimum Gasteiger partial charge on any atom is -0.377 e. The SMILES string of the molecule is CN1CCC(=C2CCCN2C)C1=O. The van der Waals surface area contributed by atoms with E-state index in [1.807, 2.05) is 11.9 Å². The van der Waals surface area contributed by atoms with Crippen molar-refractivity contribution in [2.45, 2.75) is 19.3 Å². The molecule has 0 bridgehead atoms. The molecule has 0 aliphatic carbocycles. The number of nitrogens with zero attached hydrogens (tertiary/aromatic N) is 2. The summed E-state index contributed by atoms with van der Waals surface area (Å²) in [5.74, 6) is 0.240. The predicted octanol–water partition coefficient (Wildman–Crippen LogP) is 0.828. The van der Waals surface area contributed by atoms with Crippen LogP contribution in [0.1, 0.15) is 19.3 Å². The summed E-state index contributed by atoms with van der Waals surface area (Å²) < 4.78 is 0. The maximum absolute atomic E-state index is 11.7. The van der Waals surface area contributed by atoms with Gasteiger partial charge < -0.3 is 9.80 Å². The highest BCUT2D eigenvalue weighted by molar-refractivity contribution is 5.96. The van der Waals surface area contributed by atoms with Gasteiger partial charge in [-0.05, 0) is 19.3 Å². The van der Waals surface area contributed by atoms with E-state index >= 15 is 0 Å². The average molecular weight is 180 g/mol. The van der Waals surface area contributed by atoms with Crippen molar-refractivity contribution in [3.8, 4) is 0 Å². The van der Waals surface area contributed by atoms with Crippen molar-refractivity contribution in [1.82, 2.24) is 9.80 Å². The summed E-state index contributed by atoms with van der Waals surface area (Å²) in [6.45, 7) is 2.00. The second-order valence-corrected chi connectivity index (χ2v) is 3.93. The lowest BCUT2D eigenvalue weighted by atomic mass is 10.1. The number of hydrogen-bond acceptors (Lipinski definition) is 2. The third-order valence-corrected chi connectivity index (χ3v) is 3.02. The maximum atomic E-state index is 11.7. The number of likely N-dealkylation sites (tertiary alicyclic amines) is 2. The fraction of sp³-hybridized carbons (Fsp3) is 0.700. The van der Waals surface area contributed by atoms with Crippen molar-refractivity contribution >= 4 is 5.91 Å². The molecule has 3 heteroatoms. The first-order valence-electron chi connectivity index (χ1n) is 4.89. The second kappa shape index (κ2) is 3.05. The number of allylic oxidation sites excluding steroid dienone is 1. The molecule has 2 fully saturated rings. The summed E-state index contributed by atoms with van der Waals surface area (Å²) in [6.07, 6.45) is 3.23.